The maximum absolute atomic E-state index is 5.79. The lowest BCUT2D eigenvalue weighted by Gasteiger charge is -2.38. The summed E-state index contributed by atoms with van der Waals surface area (Å²) in [5.74, 6) is 10.5. The van der Waals surface area contributed by atoms with Gasteiger partial charge in [-0.2, -0.15) is 0 Å². The van der Waals surface area contributed by atoms with E-state index < -0.39 is 16.1 Å². The standard InChI is InChI=1S/C62H74O4S4Si2/c1-37(2)71(38(3)4,39(5)6)29-27-47-21-25-57(67-47)49-35-52(62-44(14)32-60(70-62)46-20-24-54(64-16)56(34-46)66-18)50(58-26-22-48(68-58)28-30-72(40(7)8,41(9)10)42(11)12)36-51(49)61-43(13)31-59(69-61)45-19-23-53(63-15)55(33-45)65-17/h19-26,31-42H,1-18H3. The minimum atomic E-state index is -1.96. The number of ether oxygens (including phenoxy) is 4. The van der Waals surface area contributed by atoms with E-state index in [-0.39, 0.29) is 0 Å². The summed E-state index contributed by atoms with van der Waals surface area (Å²) in [5, 5.41) is 0. The van der Waals surface area contributed by atoms with E-state index in [0.717, 1.165) is 20.9 Å². The molecule has 7 rings (SSSR count). The SMILES string of the molecule is COc1ccc(-c2cc(C)c(-c3cc(-c4ccc(C#C[Si](C(C)C)(C(C)C)C(C)C)s4)c(-c4sc(-c5ccc(OC)c(OC)c5)cc4C)cc3-c3ccc(C#C[Si](C(C)C)(C(C)C)C(C)C)s3)s2)cc1OC. The Morgan fingerprint density at radius 3 is 1.00 bits per heavy atom. The largest absolute Gasteiger partial charge is 0.493 e. The van der Waals surface area contributed by atoms with Crippen molar-refractivity contribution in [1.29, 1.82) is 0 Å². The molecule has 0 unspecified atom stereocenters. The highest BCUT2D eigenvalue weighted by Crippen LogP contribution is 2.52. The van der Waals surface area contributed by atoms with Gasteiger partial charge in [0.25, 0.3) is 0 Å². The second-order valence-corrected chi connectivity index (χ2v) is 36.4. The number of hydrogen-bond acceptors (Lipinski definition) is 8. The van der Waals surface area contributed by atoms with Crippen LogP contribution in [0.4, 0.5) is 0 Å². The fourth-order valence-corrected chi connectivity index (χ4v) is 26.2. The summed E-state index contributed by atoms with van der Waals surface area (Å²) >= 11 is 7.29. The average molecular weight is 1070 g/mol. The highest BCUT2D eigenvalue weighted by Gasteiger charge is 2.43. The van der Waals surface area contributed by atoms with Crippen molar-refractivity contribution in [1.82, 2.24) is 0 Å². The molecule has 0 aliphatic heterocycles. The zero-order chi connectivity index (χ0) is 52.4. The van der Waals surface area contributed by atoms with Crippen LogP contribution < -0.4 is 18.9 Å². The second-order valence-electron chi connectivity index (χ2n) is 21.0. The normalized spacial score (nSPS) is 12.0. The van der Waals surface area contributed by atoms with Gasteiger partial charge in [-0.15, -0.1) is 56.4 Å². The molecule has 0 spiro atoms. The molecule has 7 aromatic rings. The minimum absolute atomic E-state index is 0.555. The summed E-state index contributed by atoms with van der Waals surface area (Å²) in [6, 6.07) is 31.2. The molecule has 0 bridgehead atoms. The molecule has 10 heteroatoms. The molecule has 0 aliphatic carbocycles. The summed E-state index contributed by atoms with van der Waals surface area (Å²) in [6.07, 6.45) is 0. The molecule has 0 aliphatic rings. The molecule has 0 saturated heterocycles. The molecular formula is C62H74O4S4Si2. The number of methoxy groups -OCH3 is 4. The number of hydrogen-bond donors (Lipinski definition) is 0. The maximum atomic E-state index is 5.79. The molecule has 72 heavy (non-hydrogen) atoms. The molecule has 0 radical (unpaired) electrons. The smallest absolute Gasteiger partial charge is 0.161 e. The van der Waals surface area contributed by atoms with E-state index >= 15 is 0 Å². The van der Waals surface area contributed by atoms with Gasteiger partial charge in [-0.05, 0) is 154 Å². The lowest BCUT2D eigenvalue weighted by Crippen LogP contribution is -2.43. The van der Waals surface area contributed by atoms with Crippen LogP contribution in [0.5, 0.6) is 23.0 Å². The van der Waals surface area contributed by atoms with E-state index in [1.807, 2.05) is 57.5 Å². The van der Waals surface area contributed by atoms with Gasteiger partial charge in [0, 0.05) is 51.5 Å². The van der Waals surface area contributed by atoms with Gasteiger partial charge in [0.1, 0.15) is 16.1 Å². The zero-order valence-corrected chi connectivity index (χ0v) is 51.1. The fourth-order valence-electron chi connectivity index (χ4n) is 11.5. The number of benzene rings is 3. The molecule has 4 heterocycles. The van der Waals surface area contributed by atoms with E-state index in [4.69, 9.17) is 18.9 Å². The molecule has 0 atom stereocenters. The van der Waals surface area contributed by atoms with Crippen LogP contribution in [0.15, 0.2) is 84.9 Å². The van der Waals surface area contributed by atoms with Crippen LogP contribution >= 0.6 is 45.3 Å². The van der Waals surface area contributed by atoms with Gasteiger partial charge < -0.3 is 18.9 Å². The van der Waals surface area contributed by atoms with Gasteiger partial charge in [0.05, 0.1) is 38.2 Å². The molecule has 4 aromatic heterocycles. The molecule has 0 fully saturated rings. The van der Waals surface area contributed by atoms with Crippen molar-refractivity contribution in [2.75, 3.05) is 28.4 Å². The molecule has 0 N–H and O–H groups in total. The van der Waals surface area contributed by atoms with Crippen molar-refractivity contribution in [3.8, 4) is 109 Å². The van der Waals surface area contributed by atoms with E-state index in [9.17, 15) is 0 Å². The fraction of sp³-hybridized carbons (Fsp3) is 0.387. The summed E-state index contributed by atoms with van der Waals surface area (Å²) in [6.45, 7) is 33.2. The Hall–Kier alpha value is -4.79. The van der Waals surface area contributed by atoms with Crippen LogP contribution in [-0.4, -0.2) is 44.6 Å². The van der Waals surface area contributed by atoms with Crippen molar-refractivity contribution in [2.45, 2.75) is 130 Å². The van der Waals surface area contributed by atoms with Gasteiger partial charge in [-0.3, -0.25) is 0 Å². The van der Waals surface area contributed by atoms with E-state index in [1.54, 1.807) is 28.4 Å². The number of aryl methyl sites for hydroxylation is 2. The highest BCUT2D eigenvalue weighted by molar-refractivity contribution is 7.20. The first-order chi connectivity index (χ1) is 34.2. The molecule has 378 valence electrons. The Morgan fingerprint density at radius 2 is 0.694 bits per heavy atom. The molecule has 3 aromatic carbocycles. The predicted molar refractivity (Wildman–Crippen MR) is 322 cm³/mol. The minimum Gasteiger partial charge on any atom is -0.493 e. The third-order valence-corrected chi connectivity index (χ3v) is 32.4. The van der Waals surface area contributed by atoms with Gasteiger partial charge in [0.2, 0.25) is 0 Å². The third-order valence-electron chi connectivity index (χ3n) is 15.1. The van der Waals surface area contributed by atoms with Crippen molar-refractivity contribution in [3.05, 3.63) is 106 Å². The van der Waals surface area contributed by atoms with Crippen LogP contribution in [-0.2, 0) is 0 Å². The Bertz CT molecular complexity index is 2910. The Kier molecular flexibility index (Phi) is 17.4. The molecular weight excluding hydrogens is 993 g/mol. The van der Waals surface area contributed by atoms with Crippen LogP contribution in [0.2, 0.25) is 33.2 Å². The van der Waals surface area contributed by atoms with Crippen LogP contribution in [0, 0.1) is 36.8 Å². The van der Waals surface area contributed by atoms with Crippen LogP contribution in [0.25, 0.3) is 62.6 Å². The first kappa shape index (κ1) is 55.0. The van der Waals surface area contributed by atoms with Gasteiger partial charge in [-0.1, -0.05) is 94.9 Å². The highest BCUT2D eigenvalue weighted by atomic mass is 32.1. The first-order valence-corrected chi connectivity index (χ1v) is 33.1. The summed E-state index contributed by atoms with van der Waals surface area (Å²) in [7, 11) is 2.85. The molecule has 0 saturated carbocycles. The van der Waals surface area contributed by atoms with E-state index in [2.05, 4.69) is 193 Å². The van der Waals surface area contributed by atoms with E-state index in [0.29, 0.717) is 56.2 Å². The Balaban J connectivity index is 1.52. The number of rotatable bonds is 16. The topological polar surface area (TPSA) is 36.9 Å². The van der Waals surface area contributed by atoms with E-state index in [1.165, 1.54) is 62.6 Å². The van der Waals surface area contributed by atoms with Crippen molar-refractivity contribution in [2.24, 2.45) is 0 Å². The quantitative estimate of drug-likeness (QED) is 0.0714. The van der Waals surface area contributed by atoms with Crippen molar-refractivity contribution < 1.29 is 18.9 Å². The van der Waals surface area contributed by atoms with Crippen LogP contribution in [0.3, 0.4) is 0 Å². The van der Waals surface area contributed by atoms with Gasteiger partial charge in [0.15, 0.2) is 23.0 Å². The Labute approximate surface area is 450 Å². The van der Waals surface area contributed by atoms with Gasteiger partial charge in [-0.25, -0.2) is 0 Å². The summed E-state index contributed by atoms with van der Waals surface area (Å²) in [4.78, 5) is 9.46. The summed E-state index contributed by atoms with van der Waals surface area (Å²) in [5.41, 5.74) is 20.8. The lowest BCUT2D eigenvalue weighted by atomic mass is 9.92. The first-order valence-electron chi connectivity index (χ1n) is 25.3. The summed E-state index contributed by atoms with van der Waals surface area (Å²) < 4.78 is 22.9. The van der Waals surface area contributed by atoms with Gasteiger partial charge >= 0.3 is 0 Å². The second kappa shape index (κ2) is 22.8. The predicted octanol–water partition coefficient (Wildman–Crippen LogP) is 19.7. The van der Waals surface area contributed by atoms with Crippen molar-refractivity contribution >= 4 is 61.5 Å². The zero-order valence-electron chi connectivity index (χ0n) is 45.8. The third kappa shape index (κ3) is 10.6. The average Bonchev–Trinajstić information content (AvgIpc) is 4.18. The molecule has 4 nitrogen and oxygen atoms in total. The lowest BCUT2D eigenvalue weighted by molar-refractivity contribution is 0.355. The van der Waals surface area contributed by atoms with Crippen LogP contribution in [0.1, 0.15) is 104 Å². The molecule has 0 amide bonds. The maximum Gasteiger partial charge on any atom is 0.161 e. The number of thiophene rings is 4. The van der Waals surface area contributed by atoms with Crippen molar-refractivity contribution in [3.63, 3.8) is 0 Å². The Morgan fingerprint density at radius 1 is 0.361 bits per heavy atom. The monoisotopic (exact) mass is 1070 g/mol.